The van der Waals surface area contributed by atoms with Crippen LogP contribution in [0.1, 0.15) is 30.1 Å². The number of aryl methyl sites for hydroxylation is 1. The van der Waals surface area contributed by atoms with Gasteiger partial charge in [-0.15, -0.1) is 0 Å². The van der Waals surface area contributed by atoms with E-state index >= 15 is 0 Å². The van der Waals surface area contributed by atoms with Gasteiger partial charge in [-0.05, 0) is 37.5 Å². The highest BCUT2D eigenvalue weighted by molar-refractivity contribution is 7.89. The molecule has 23 heavy (non-hydrogen) atoms. The maximum Gasteiger partial charge on any atom is 0.273 e. The van der Waals surface area contributed by atoms with Gasteiger partial charge in [0.05, 0.1) is 12.4 Å². The predicted molar refractivity (Wildman–Crippen MR) is 86.5 cm³/mol. The minimum Gasteiger partial charge on any atom is -0.452 e. The monoisotopic (exact) mass is 335 g/mol. The van der Waals surface area contributed by atoms with Crippen molar-refractivity contribution in [3.05, 3.63) is 53.8 Å². The van der Waals surface area contributed by atoms with Crippen molar-refractivity contribution in [1.29, 1.82) is 0 Å². The van der Waals surface area contributed by atoms with Gasteiger partial charge >= 0.3 is 0 Å². The SMILES string of the molecule is Cc1ccc(C2OCCCC2CNS(=O)(=O)c2ccco2)cc1. The van der Waals surface area contributed by atoms with Crippen LogP contribution in [0.15, 0.2) is 52.2 Å². The number of sulfonamides is 1. The van der Waals surface area contributed by atoms with Crippen LogP contribution < -0.4 is 4.72 Å². The number of hydrogen-bond donors (Lipinski definition) is 1. The molecule has 0 saturated carbocycles. The van der Waals surface area contributed by atoms with Crippen molar-refractivity contribution in [3.8, 4) is 0 Å². The summed E-state index contributed by atoms with van der Waals surface area (Å²) in [6.07, 6.45) is 3.14. The largest absolute Gasteiger partial charge is 0.452 e. The third kappa shape index (κ3) is 3.83. The molecule has 1 aromatic carbocycles. The molecule has 1 fully saturated rings. The molecule has 0 spiro atoms. The van der Waals surface area contributed by atoms with Crippen molar-refractivity contribution in [2.75, 3.05) is 13.2 Å². The zero-order valence-corrected chi connectivity index (χ0v) is 13.9. The third-order valence-electron chi connectivity index (χ3n) is 4.15. The average molecular weight is 335 g/mol. The Bertz CT molecular complexity index is 722. The minimum atomic E-state index is -3.60. The van der Waals surface area contributed by atoms with Crippen molar-refractivity contribution in [1.82, 2.24) is 4.72 Å². The van der Waals surface area contributed by atoms with E-state index in [4.69, 9.17) is 9.15 Å². The van der Waals surface area contributed by atoms with Crippen molar-refractivity contribution in [3.63, 3.8) is 0 Å². The van der Waals surface area contributed by atoms with Crippen LogP contribution >= 0.6 is 0 Å². The molecule has 1 aromatic heterocycles. The zero-order chi connectivity index (χ0) is 16.3. The summed E-state index contributed by atoms with van der Waals surface area (Å²) in [4.78, 5) is 0. The van der Waals surface area contributed by atoms with Gasteiger partial charge in [0, 0.05) is 19.1 Å². The van der Waals surface area contributed by atoms with Gasteiger partial charge in [0.1, 0.15) is 0 Å². The first-order valence-corrected chi connectivity index (χ1v) is 9.26. The average Bonchev–Trinajstić information content (AvgIpc) is 3.10. The normalized spacial score (nSPS) is 22.1. The van der Waals surface area contributed by atoms with E-state index in [1.807, 2.05) is 6.92 Å². The number of ether oxygens (including phenoxy) is 1. The van der Waals surface area contributed by atoms with Gasteiger partial charge in [0.2, 0.25) is 5.09 Å². The zero-order valence-electron chi connectivity index (χ0n) is 13.1. The van der Waals surface area contributed by atoms with Crippen LogP contribution in [0.2, 0.25) is 0 Å². The molecule has 1 aliphatic heterocycles. The van der Waals surface area contributed by atoms with Crippen LogP contribution in [0.5, 0.6) is 0 Å². The maximum absolute atomic E-state index is 12.2. The number of benzene rings is 1. The lowest BCUT2D eigenvalue weighted by Gasteiger charge is -2.32. The van der Waals surface area contributed by atoms with E-state index in [-0.39, 0.29) is 17.1 Å². The predicted octanol–water partition coefficient (Wildman–Crippen LogP) is 3.03. The lowest BCUT2D eigenvalue weighted by molar-refractivity contribution is -0.0262. The summed E-state index contributed by atoms with van der Waals surface area (Å²) < 4.78 is 37.9. The molecule has 5 nitrogen and oxygen atoms in total. The fraction of sp³-hybridized carbons (Fsp3) is 0.412. The Balaban J connectivity index is 1.71. The highest BCUT2D eigenvalue weighted by Crippen LogP contribution is 2.33. The Morgan fingerprint density at radius 2 is 2.00 bits per heavy atom. The van der Waals surface area contributed by atoms with E-state index < -0.39 is 10.0 Å². The van der Waals surface area contributed by atoms with Gasteiger partial charge in [0.15, 0.2) is 0 Å². The smallest absolute Gasteiger partial charge is 0.273 e. The summed E-state index contributed by atoms with van der Waals surface area (Å²) in [6.45, 7) is 3.09. The molecule has 0 amide bonds. The van der Waals surface area contributed by atoms with Gasteiger partial charge in [-0.25, -0.2) is 13.1 Å². The van der Waals surface area contributed by atoms with E-state index in [2.05, 4.69) is 29.0 Å². The molecule has 0 aliphatic carbocycles. The number of nitrogens with one attached hydrogen (secondary N) is 1. The molecule has 2 aromatic rings. The molecule has 2 heterocycles. The van der Waals surface area contributed by atoms with E-state index in [0.717, 1.165) is 18.4 Å². The molecule has 1 aliphatic rings. The summed E-state index contributed by atoms with van der Waals surface area (Å²) in [5.74, 6) is 0.108. The van der Waals surface area contributed by atoms with Crippen LogP contribution in [0, 0.1) is 12.8 Å². The molecular formula is C17H21NO4S. The summed E-state index contributed by atoms with van der Waals surface area (Å²) in [5.41, 5.74) is 2.29. The number of furan rings is 1. The summed E-state index contributed by atoms with van der Waals surface area (Å²) >= 11 is 0. The van der Waals surface area contributed by atoms with Crippen LogP contribution in [0.4, 0.5) is 0 Å². The molecule has 6 heteroatoms. The van der Waals surface area contributed by atoms with Crippen molar-refractivity contribution >= 4 is 10.0 Å². The van der Waals surface area contributed by atoms with E-state index in [0.29, 0.717) is 13.2 Å². The second kappa shape index (κ2) is 6.86. The second-order valence-electron chi connectivity index (χ2n) is 5.89. The van der Waals surface area contributed by atoms with Crippen molar-refractivity contribution < 1.29 is 17.6 Å². The molecule has 0 radical (unpaired) electrons. The molecule has 124 valence electrons. The lowest BCUT2D eigenvalue weighted by Crippen LogP contribution is -2.35. The van der Waals surface area contributed by atoms with Crippen molar-refractivity contribution in [2.45, 2.75) is 31.0 Å². The molecular weight excluding hydrogens is 314 g/mol. The quantitative estimate of drug-likeness (QED) is 0.912. The number of rotatable bonds is 5. The van der Waals surface area contributed by atoms with Crippen LogP contribution in [0.25, 0.3) is 0 Å². The Morgan fingerprint density at radius 1 is 1.22 bits per heavy atom. The van der Waals surface area contributed by atoms with Crippen molar-refractivity contribution in [2.24, 2.45) is 5.92 Å². The van der Waals surface area contributed by atoms with Gasteiger partial charge in [0.25, 0.3) is 10.0 Å². The second-order valence-corrected chi connectivity index (χ2v) is 7.59. The standard InChI is InChI=1S/C17H21NO4S/c1-13-6-8-14(9-7-13)17-15(4-2-11-22-17)12-18-23(19,20)16-5-3-10-21-16/h3,5-10,15,17-18H,2,4,11-12H2,1H3. The first-order valence-electron chi connectivity index (χ1n) is 7.77. The van der Waals surface area contributed by atoms with E-state index in [1.54, 1.807) is 6.07 Å². The Kier molecular flexibility index (Phi) is 4.84. The molecule has 3 rings (SSSR count). The van der Waals surface area contributed by atoms with Crippen LogP contribution in [-0.2, 0) is 14.8 Å². The fourth-order valence-corrected chi connectivity index (χ4v) is 3.90. The minimum absolute atomic E-state index is 0.0545. The highest BCUT2D eigenvalue weighted by Gasteiger charge is 2.29. The van der Waals surface area contributed by atoms with Gasteiger partial charge in [-0.2, -0.15) is 0 Å². The molecule has 0 bridgehead atoms. The lowest BCUT2D eigenvalue weighted by atomic mass is 9.89. The first kappa shape index (κ1) is 16.2. The summed E-state index contributed by atoms with van der Waals surface area (Å²) in [6, 6.07) is 11.2. The third-order valence-corrected chi connectivity index (χ3v) is 5.45. The van der Waals surface area contributed by atoms with Gasteiger partial charge in [-0.3, -0.25) is 0 Å². The van der Waals surface area contributed by atoms with Gasteiger partial charge < -0.3 is 9.15 Å². The summed E-state index contributed by atoms with van der Waals surface area (Å²) in [7, 11) is -3.60. The Morgan fingerprint density at radius 3 is 2.70 bits per heavy atom. The Labute approximate surface area is 136 Å². The summed E-state index contributed by atoms with van der Waals surface area (Å²) in [5, 5.41) is -0.0545. The van der Waals surface area contributed by atoms with Gasteiger partial charge in [-0.1, -0.05) is 29.8 Å². The fourth-order valence-electron chi connectivity index (χ4n) is 2.88. The van der Waals surface area contributed by atoms with Crippen LogP contribution in [0.3, 0.4) is 0 Å². The maximum atomic E-state index is 12.2. The van der Waals surface area contributed by atoms with E-state index in [1.165, 1.54) is 17.9 Å². The molecule has 1 N–H and O–H groups in total. The van der Waals surface area contributed by atoms with E-state index in [9.17, 15) is 8.42 Å². The number of hydrogen-bond acceptors (Lipinski definition) is 4. The Hall–Kier alpha value is -1.63. The topological polar surface area (TPSA) is 68.5 Å². The highest BCUT2D eigenvalue weighted by atomic mass is 32.2. The first-order chi connectivity index (χ1) is 11.1. The molecule has 1 saturated heterocycles. The molecule has 2 atom stereocenters. The van der Waals surface area contributed by atoms with Crippen LogP contribution in [-0.4, -0.2) is 21.6 Å². The molecule has 2 unspecified atom stereocenters.